The fraction of sp³-hybridized carbons (Fsp3) is 0.364. The van der Waals surface area contributed by atoms with Gasteiger partial charge in [0.15, 0.2) is 0 Å². The standard InChI is InChI=1S/C11H12F3NO2/c1-7-3-4-8(5-9(7)16)10(17)15(2)6-11(12,13)14/h3-5,16H,6H2,1-2H3. The van der Waals surface area contributed by atoms with Gasteiger partial charge in [-0.2, -0.15) is 13.2 Å². The molecule has 1 aromatic carbocycles. The molecule has 0 aliphatic carbocycles. The van der Waals surface area contributed by atoms with Crippen LogP contribution in [0.5, 0.6) is 5.75 Å². The maximum atomic E-state index is 12.1. The molecule has 0 radical (unpaired) electrons. The van der Waals surface area contributed by atoms with Crippen LogP contribution in [0.15, 0.2) is 18.2 Å². The Balaban J connectivity index is 2.85. The highest BCUT2D eigenvalue weighted by atomic mass is 19.4. The summed E-state index contributed by atoms with van der Waals surface area (Å²) in [7, 11) is 1.06. The second-order valence-electron chi connectivity index (χ2n) is 3.78. The van der Waals surface area contributed by atoms with Crippen molar-refractivity contribution in [2.75, 3.05) is 13.6 Å². The Morgan fingerprint density at radius 1 is 1.41 bits per heavy atom. The predicted molar refractivity (Wildman–Crippen MR) is 55.9 cm³/mol. The number of rotatable bonds is 2. The number of hydrogen-bond acceptors (Lipinski definition) is 2. The summed E-state index contributed by atoms with van der Waals surface area (Å²) >= 11 is 0. The number of hydrogen-bond donors (Lipinski definition) is 1. The number of carbonyl (C=O) groups is 1. The SMILES string of the molecule is Cc1ccc(C(=O)N(C)CC(F)(F)F)cc1O. The molecule has 0 heterocycles. The fourth-order valence-corrected chi connectivity index (χ4v) is 1.30. The van der Waals surface area contributed by atoms with E-state index in [-0.39, 0.29) is 11.3 Å². The molecule has 0 aliphatic rings. The number of nitrogens with zero attached hydrogens (tertiary/aromatic N) is 1. The Hall–Kier alpha value is -1.72. The second-order valence-corrected chi connectivity index (χ2v) is 3.78. The van der Waals surface area contributed by atoms with Gasteiger partial charge in [0.05, 0.1) is 0 Å². The molecule has 0 bridgehead atoms. The van der Waals surface area contributed by atoms with E-state index in [2.05, 4.69) is 0 Å². The summed E-state index contributed by atoms with van der Waals surface area (Å²) in [4.78, 5) is 12.2. The second kappa shape index (κ2) is 4.65. The summed E-state index contributed by atoms with van der Waals surface area (Å²) in [5.41, 5.74) is 0.583. The Morgan fingerprint density at radius 3 is 2.47 bits per heavy atom. The van der Waals surface area contributed by atoms with Crippen molar-refractivity contribution in [1.29, 1.82) is 0 Å². The number of alkyl halides is 3. The van der Waals surface area contributed by atoms with Crippen molar-refractivity contribution in [3.05, 3.63) is 29.3 Å². The summed E-state index contributed by atoms with van der Waals surface area (Å²) in [5.74, 6) is -0.895. The van der Waals surface area contributed by atoms with Crippen LogP contribution >= 0.6 is 0 Å². The van der Waals surface area contributed by atoms with E-state index in [1.807, 2.05) is 0 Å². The first-order valence-electron chi connectivity index (χ1n) is 4.82. The molecule has 0 atom stereocenters. The minimum atomic E-state index is -4.43. The molecule has 94 valence electrons. The zero-order valence-corrected chi connectivity index (χ0v) is 9.38. The predicted octanol–water partition coefficient (Wildman–Crippen LogP) is 2.33. The number of aromatic hydroxyl groups is 1. The summed E-state index contributed by atoms with van der Waals surface area (Å²) in [6.07, 6.45) is -4.43. The van der Waals surface area contributed by atoms with Gasteiger partial charge in [0.2, 0.25) is 0 Å². The van der Waals surface area contributed by atoms with Crippen LogP contribution < -0.4 is 0 Å². The van der Waals surface area contributed by atoms with Gasteiger partial charge in [-0.15, -0.1) is 0 Å². The molecule has 17 heavy (non-hydrogen) atoms. The lowest BCUT2D eigenvalue weighted by Gasteiger charge is -2.19. The van der Waals surface area contributed by atoms with Gasteiger partial charge < -0.3 is 10.0 Å². The summed E-state index contributed by atoms with van der Waals surface area (Å²) in [6, 6.07) is 4.01. The summed E-state index contributed by atoms with van der Waals surface area (Å²) in [5, 5.41) is 9.37. The molecular weight excluding hydrogens is 235 g/mol. The number of carbonyl (C=O) groups excluding carboxylic acids is 1. The molecule has 0 unspecified atom stereocenters. The van der Waals surface area contributed by atoms with Crippen LogP contribution in [0.1, 0.15) is 15.9 Å². The number of benzene rings is 1. The van der Waals surface area contributed by atoms with E-state index in [0.717, 1.165) is 13.1 Å². The molecule has 6 heteroatoms. The third kappa shape index (κ3) is 3.65. The maximum Gasteiger partial charge on any atom is 0.406 e. The van der Waals surface area contributed by atoms with Gasteiger partial charge in [-0.25, -0.2) is 0 Å². The molecule has 1 aromatic rings. The van der Waals surface area contributed by atoms with E-state index in [0.29, 0.717) is 10.5 Å². The molecule has 3 nitrogen and oxygen atoms in total. The van der Waals surface area contributed by atoms with Crippen molar-refractivity contribution in [2.24, 2.45) is 0 Å². The van der Waals surface area contributed by atoms with Crippen LogP contribution in [-0.4, -0.2) is 35.7 Å². The van der Waals surface area contributed by atoms with E-state index >= 15 is 0 Å². The Bertz CT molecular complexity index is 429. The minimum Gasteiger partial charge on any atom is -0.508 e. The largest absolute Gasteiger partial charge is 0.508 e. The highest BCUT2D eigenvalue weighted by Crippen LogP contribution is 2.20. The third-order valence-corrected chi connectivity index (χ3v) is 2.22. The van der Waals surface area contributed by atoms with E-state index in [4.69, 9.17) is 0 Å². The van der Waals surface area contributed by atoms with Crippen molar-refractivity contribution in [3.8, 4) is 5.75 Å². The van der Waals surface area contributed by atoms with Crippen LogP contribution in [0.25, 0.3) is 0 Å². The zero-order valence-electron chi connectivity index (χ0n) is 9.38. The molecule has 1 N–H and O–H groups in total. The van der Waals surface area contributed by atoms with Crippen LogP contribution in [-0.2, 0) is 0 Å². The molecule has 0 saturated heterocycles. The number of halogens is 3. The maximum absolute atomic E-state index is 12.1. The Labute approximate surface area is 96.5 Å². The highest BCUT2D eigenvalue weighted by Gasteiger charge is 2.31. The van der Waals surface area contributed by atoms with Gasteiger partial charge in [-0.05, 0) is 24.6 Å². The van der Waals surface area contributed by atoms with Gasteiger partial charge >= 0.3 is 6.18 Å². The molecular formula is C11H12F3NO2. The normalized spacial score (nSPS) is 11.4. The number of phenols is 1. The van der Waals surface area contributed by atoms with Crippen LogP contribution in [0.3, 0.4) is 0 Å². The van der Waals surface area contributed by atoms with Crippen LogP contribution in [0.2, 0.25) is 0 Å². The van der Waals surface area contributed by atoms with E-state index in [9.17, 15) is 23.1 Å². The average molecular weight is 247 g/mol. The molecule has 1 amide bonds. The van der Waals surface area contributed by atoms with Crippen molar-refractivity contribution < 1.29 is 23.1 Å². The Kier molecular flexibility index (Phi) is 3.65. The summed E-state index contributed by atoms with van der Waals surface area (Å²) < 4.78 is 36.2. The van der Waals surface area contributed by atoms with Gasteiger partial charge in [0.1, 0.15) is 12.3 Å². The molecule has 1 rings (SSSR count). The third-order valence-electron chi connectivity index (χ3n) is 2.22. The molecule has 0 aromatic heterocycles. The lowest BCUT2D eigenvalue weighted by Crippen LogP contribution is -2.35. The highest BCUT2D eigenvalue weighted by molar-refractivity contribution is 5.94. The first-order chi connectivity index (χ1) is 7.70. The van der Waals surface area contributed by atoms with Crippen LogP contribution in [0.4, 0.5) is 13.2 Å². The van der Waals surface area contributed by atoms with E-state index < -0.39 is 18.6 Å². The van der Waals surface area contributed by atoms with E-state index in [1.54, 1.807) is 6.92 Å². The molecule has 0 fully saturated rings. The minimum absolute atomic E-state index is 0.0276. The van der Waals surface area contributed by atoms with Gasteiger partial charge in [0, 0.05) is 12.6 Å². The number of phenolic OH excluding ortho intramolecular Hbond substituents is 1. The van der Waals surface area contributed by atoms with Gasteiger partial charge in [-0.3, -0.25) is 4.79 Å². The molecule has 0 saturated carbocycles. The summed E-state index contributed by atoms with van der Waals surface area (Å²) in [6.45, 7) is 0.309. The lowest BCUT2D eigenvalue weighted by molar-refractivity contribution is -0.138. The van der Waals surface area contributed by atoms with Gasteiger partial charge in [-0.1, -0.05) is 6.07 Å². The Morgan fingerprint density at radius 2 is 2.00 bits per heavy atom. The topological polar surface area (TPSA) is 40.5 Å². The smallest absolute Gasteiger partial charge is 0.406 e. The van der Waals surface area contributed by atoms with Crippen molar-refractivity contribution in [3.63, 3.8) is 0 Å². The quantitative estimate of drug-likeness (QED) is 0.871. The lowest BCUT2D eigenvalue weighted by atomic mass is 10.1. The fourth-order valence-electron chi connectivity index (χ4n) is 1.30. The first kappa shape index (κ1) is 13.3. The number of amides is 1. The number of aryl methyl sites for hydroxylation is 1. The monoisotopic (exact) mass is 247 g/mol. The zero-order chi connectivity index (χ0) is 13.2. The van der Waals surface area contributed by atoms with Crippen molar-refractivity contribution >= 4 is 5.91 Å². The average Bonchev–Trinajstić information content (AvgIpc) is 2.18. The van der Waals surface area contributed by atoms with Gasteiger partial charge in [0.25, 0.3) is 5.91 Å². The van der Waals surface area contributed by atoms with Crippen molar-refractivity contribution in [2.45, 2.75) is 13.1 Å². The molecule has 0 spiro atoms. The first-order valence-corrected chi connectivity index (χ1v) is 4.82. The van der Waals surface area contributed by atoms with Crippen LogP contribution in [0, 0.1) is 6.92 Å². The van der Waals surface area contributed by atoms with Crippen molar-refractivity contribution in [1.82, 2.24) is 4.90 Å². The molecule has 0 aliphatic heterocycles. The van der Waals surface area contributed by atoms with E-state index in [1.165, 1.54) is 12.1 Å².